The molecule has 0 radical (unpaired) electrons. The molecule has 3 rings (SSSR count). The number of hydrogen-bond donors (Lipinski definition) is 1. The number of allylic oxidation sites excluding steroid dienone is 2. The predicted molar refractivity (Wildman–Crippen MR) is 121 cm³/mol. The third kappa shape index (κ3) is 6.36. The molecular weight excluding hydrogens is 425 g/mol. The number of ether oxygens (including phenoxy) is 1. The Morgan fingerprint density at radius 2 is 1.73 bits per heavy atom. The van der Waals surface area contributed by atoms with Crippen molar-refractivity contribution in [2.45, 2.75) is 13.5 Å². The number of benzene rings is 2. The van der Waals surface area contributed by atoms with Crippen molar-refractivity contribution >= 4 is 23.6 Å². The molecule has 0 unspecified atom stereocenters. The molecular formula is C26H22FNO5. The third-order valence-corrected chi connectivity index (χ3v) is 4.68. The summed E-state index contributed by atoms with van der Waals surface area (Å²) in [5, 5.41) is 9.64. The summed E-state index contributed by atoms with van der Waals surface area (Å²) >= 11 is 0. The molecule has 0 saturated carbocycles. The second kappa shape index (κ2) is 10.9. The number of aromatic nitrogens is 1. The minimum Gasteiger partial charge on any atom is -0.502 e. The largest absolute Gasteiger partial charge is 0.502 e. The van der Waals surface area contributed by atoms with Crippen LogP contribution < -0.4 is 0 Å². The van der Waals surface area contributed by atoms with E-state index in [4.69, 9.17) is 0 Å². The lowest BCUT2D eigenvalue weighted by molar-refractivity contribution is -0.141. The van der Waals surface area contributed by atoms with E-state index in [0.29, 0.717) is 23.4 Å². The maximum absolute atomic E-state index is 13.3. The number of carbonyl (C=O) groups excluding carboxylic acids is 3. The number of carbonyl (C=O) groups is 3. The van der Waals surface area contributed by atoms with E-state index in [2.05, 4.69) is 4.74 Å². The van der Waals surface area contributed by atoms with Crippen molar-refractivity contribution in [3.63, 3.8) is 0 Å². The van der Waals surface area contributed by atoms with Gasteiger partial charge in [-0.2, -0.15) is 0 Å². The molecule has 0 amide bonds. The number of ketones is 2. The molecule has 6 nitrogen and oxygen atoms in total. The molecule has 3 aromatic rings. The Bertz CT molecular complexity index is 1210. The molecule has 1 N–H and O–H groups in total. The van der Waals surface area contributed by atoms with Crippen LogP contribution in [0.5, 0.6) is 0 Å². The van der Waals surface area contributed by atoms with Crippen LogP contribution in [0.25, 0.3) is 6.08 Å². The predicted octanol–water partition coefficient (Wildman–Crippen LogP) is 4.49. The zero-order valence-electron chi connectivity index (χ0n) is 17.9. The van der Waals surface area contributed by atoms with Crippen LogP contribution in [0.4, 0.5) is 4.39 Å². The van der Waals surface area contributed by atoms with Gasteiger partial charge >= 0.3 is 5.97 Å². The van der Waals surface area contributed by atoms with Crippen molar-refractivity contribution in [1.82, 2.24) is 4.57 Å². The van der Waals surface area contributed by atoms with Crippen LogP contribution in [0.2, 0.25) is 0 Å². The number of nitrogens with zero attached hydrogens (tertiary/aromatic N) is 1. The summed E-state index contributed by atoms with van der Waals surface area (Å²) in [7, 11) is 0. The Hall–Kier alpha value is -4.26. The first-order chi connectivity index (χ1) is 15.9. The highest BCUT2D eigenvalue weighted by Gasteiger charge is 2.14. The standard InChI is InChI=1S/C26H22FNO5/c1-2-33-26(32)24(30)15-23(29)13-12-22-14-20(25(31)19-6-4-3-5-7-19)17-28(22)16-18-8-10-21(27)11-9-18/h3-15,17,30H,2,16H2,1H3/b13-12+,24-15-. The Balaban J connectivity index is 1.90. The van der Waals surface area contributed by atoms with E-state index in [0.717, 1.165) is 11.6 Å². The highest BCUT2D eigenvalue weighted by Crippen LogP contribution is 2.18. The Labute approximate surface area is 190 Å². The minimum atomic E-state index is -0.991. The van der Waals surface area contributed by atoms with Crippen molar-refractivity contribution in [2.75, 3.05) is 6.61 Å². The van der Waals surface area contributed by atoms with Gasteiger partial charge in [0.15, 0.2) is 11.6 Å². The van der Waals surface area contributed by atoms with Crippen LogP contribution in [-0.4, -0.2) is 33.8 Å². The van der Waals surface area contributed by atoms with Gasteiger partial charge in [0.1, 0.15) is 5.82 Å². The van der Waals surface area contributed by atoms with Gasteiger partial charge in [0.05, 0.1) is 6.61 Å². The average molecular weight is 447 g/mol. The lowest BCUT2D eigenvalue weighted by Gasteiger charge is -2.06. The van der Waals surface area contributed by atoms with E-state index in [-0.39, 0.29) is 18.2 Å². The van der Waals surface area contributed by atoms with Gasteiger partial charge in [-0.05, 0) is 42.8 Å². The molecule has 168 valence electrons. The SMILES string of the molecule is CCOC(=O)/C(O)=C/C(=O)/C=C/c1cc(C(=O)c2ccccc2)cn1Cc1ccc(F)cc1. The van der Waals surface area contributed by atoms with Crippen molar-refractivity contribution < 1.29 is 28.6 Å². The lowest BCUT2D eigenvalue weighted by Crippen LogP contribution is -2.08. The maximum atomic E-state index is 13.3. The van der Waals surface area contributed by atoms with Gasteiger partial charge in [0, 0.05) is 35.6 Å². The van der Waals surface area contributed by atoms with Crippen LogP contribution in [0.3, 0.4) is 0 Å². The molecule has 0 saturated heterocycles. The van der Waals surface area contributed by atoms with Gasteiger partial charge in [0.25, 0.3) is 0 Å². The van der Waals surface area contributed by atoms with Crippen LogP contribution in [0.15, 0.2) is 84.8 Å². The van der Waals surface area contributed by atoms with E-state index in [1.807, 2.05) is 6.07 Å². The fourth-order valence-electron chi connectivity index (χ4n) is 3.08. The van der Waals surface area contributed by atoms with Gasteiger partial charge < -0.3 is 14.4 Å². The summed E-state index contributed by atoms with van der Waals surface area (Å²) in [4.78, 5) is 36.5. The molecule has 7 heteroatoms. The van der Waals surface area contributed by atoms with Gasteiger partial charge in [-0.15, -0.1) is 0 Å². The van der Waals surface area contributed by atoms with Gasteiger partial charge in [0.2, 0.25) is 5.76 Å². The first-order valence-electron chi connectivity index (χ1n) is 10.2. The third-order valence-electron chi connectivity index (χ3n) is 4.68. The number of hydrogen-bond acceptors (Lipinski definition) is 5. The quantitative estimate of drug-likeness (QED) is 0.226. The van der Waals surface area contributed by atoms with Crippen molar-refractivity contribution in [2.24, 2.45) is 0 Å². The Kier molecular flexibility index (Phi) is 7.70. The first kappa shape index (κ1) is 23.4. The van der Waals surface area contributed by atoms with E-state index >= 15 is 0 Å². The highest BCUT2D eigenvalue weighted by atomic mass is 19.1. The summed E-state index contributed by atoms with van der Waals surface area (Å²) in [5.41, 5.74) is 2.27. The van der Waals surface area contributed by atoms with Gasteiger partial charge in [-0.1, -0.05) is 42.5 Å². The molecule has 0 aliphatic carbocycles. The maximum Gasteiger partial charge on any atom is 0.373 e. The number of aliphatic hydroxyl groups excluding tert-OH is 1. The number of aliphatic hydroxyl groups is 1. The molecule has 1 heterocycles. The zero-order chi connectivity index (χ0) is 23.8. The fourth-order valence-corrected chi connectivity index (χ4v) is 3.08. The smallest absolute Gasteiger partial charge is 0.373 e. The minimum absolute atomic E-state index is 0.0654. The summed E-state index contributed by atoms with van der Waals surface area (Å²) in [5.74, 6) is -2.96. The van der Waals surface area contributed by atoms with Crippen LogP contribution >= 0.6 is 0 Å². The van der Waals surface area contributed by atoms with Crippen LogP contribution in [-0.2, 0) is 20.9 Å². The summed E-state index contributed by atoms with van der Waals surface area (Å²) in [6.45, 7) is 1.98. The monoisotopic (exact) mass is 447 g/mol. The number of esters is 1. The summed E-state index contributed by atoms with van der Waals surface area (Å²) in [6.07, 6.45) is 5.07. The molecule has 2 aromatic carbocycles. The second-order valence-electron chi connectivity index (χ2n) is 7.09. The van der Waals surface area contributed by atoms with Crippen molar-refractivity contribution in [1.29, 1.82) is 0 Å². The molecule has 0 spiro atoms. The Morgan fingerprint density at radius 1 is 1.03 bits per heavy atom. The lowest BCUT2D eigenvalue weighted by atomic mass is 10.1. The Morgan fingerprint density at radius 3 is 2.39 bits per heavy atom. The molecule has 1 aromatic heterocycles. The first-order valence-corrected chi connectivity index (χ1v) is 10.2. The van der Waals surface area contributed by atoms with Crippen LogP contribution in [0, 0.1) is 5.82 Å². The molecule has 0 bridgehead atoms. The van der Waals surface area contributed by atoms with Crippen molar-refractivity contribution in [3.8, 4) is 0 Å². The zero-order valence-corrected chi connectivity index (χ0v) is 17.9. The summed E-state index contributed by atoms with van der Waals surface area (Å²) < 4.78 is 19.6. The van der Waals surface area contributed by atoms with E-state index in [1.54, 1.807) is 60.2 Å². The number of rotatable bonds is 9. The van der Waals surface area contributed by atoms with Gasteiger partial charge in [-0.3, -0.25) is 9.59 Å². The van der Waals surface area contributed by atoms with E-state index in [1.165, 1.54) is 24.3 Å². The number of halogens is 1. The van der Waals surface area contributed by atoms with Crippen molar-refractivity contribution in [3.05, 3.63) is 113 Å². The topological polar surface area (TPSA) is 85.6 Å². The molecule has 33 heavy (non-hydrogen) atoms. The normalized spacial score (nSPS) is 11.5. The molecule has 0 fully saturated rings. The highest BCUT2D eigenvalue weighted by molar-refractivity contribution is 6.09. The van der Waals surface area contributed by atoms with Crippen LogP contribution in [0.1, 0.15) is 34.1 Å². The van der Waals surface area contributed by atoms with E-state index in [9.17, 15) is 23.9 Å². The molecule has 0 aliphatic heterocycles. The summed E-state index contributed by atoms with van der Waals surface area (Å²) in [6, 6.07) is 16.4. The second-order valence-corrected chi connectivity index (χ2v) is 7.09. The molecule has 0 atom stereocenters. The fraction of sp³-hybridized carbons (Fsp3) is 0.115. The average Bonchev–Trinajstić information content (AvgIpc) is 3.22. The molecule has 0 aliphatic rings. The van der Waals surface area contributed by atoms with Gasteiger partial charge in [-0.25, -0.2) is 9.18 Å². The van der Waals surface area contributed by atoms with E-state index < -0.39 is 17.5 Å².